The molecule has 0 aromatic heterocycles. The Morgan fingerprint density at radius 1 is 1.41 bits per heavy atom. The summed E-state index contributed by atoms with van der Waals surface area (Å²) in [4.78, 5) is 6.51. The minimum atomic E-state index is 0. The first-order chi connectivity index (χ1) is 10.1. The third kappa shape index (κ3) is 5.68. The number of aliphatic imine (C=N–C) groups is 1. The fourth-order valence-electron chi connectivity index (χ4n) is 2.44. The Kier molecular flexibility index (Phi) is 8.66. The molecule has 0 bridgehead atoms. The van der Waals surface area contributed by atoms with Crippen molar-refractivity contribution in [1.82, 2.24) is 21.1 Å². The number of hydrazine groups is 1. The van der Waals surface area contributed by atoms with Gasteiger partial charge in [0.05, 0.1) is 0 Å². The molecule has 2 rings (SSSR count). The maximum Gasteiger partial charge on any atom is 0.193 e. The van der Waals surface area contributed by atoms with Gasteiger partial charge in [0.15, 0.2) is 5.96 Å². The second kappa shape index (κ2) is 9.69. The average Bonchev–Trinajstić information content (AvgIpc) is 2.88. The van der Waals surface area contributed by atoms with E-state index in [9.17, 15) is 0 Å². The Labute approximate surface area is 158 Å². The first-order valence-corrected chi connectivity index (χ1v) is 8.04. The van der Waals surface area contributed by atoms with E-state index in [1.165, 1.54) is 5.56 Å². The Hall–Kier alpha value is -0.380. The molecule has 3 N–H and O–H groups in total. The third-order valence-corrected chi connectivity index (χ3v) is 4.36. The van der Waals surface area contributed by atoms with Crippen molar-refractivity contribution >= 4 is 45.9 Å². The van der Waals surface area contributed by atoms with Crippen LogP contribution in [0.25, 0.3) is 0 Å². The second-order valence-corrected chi connectivity index (χ2v) is 6.40. The van der Waals surface area contributed by atoms with Gasteiger partial charge < -0.3 is 10.2 Å². The van der Waals surface area contributed by atoms with Crippen LogP contribution in [-0.2, 0) is 6.54 Å². The number of guanidine groups is 1. The van der Waals surface area contributed by atoms with Gasteiger partial charge in [0, 0.05) is 50.2 Å². The Morgan fingerprint density at radius 3 is 2.64 bits per heavy atom. The monoisotopic (exact) mass is 481 g/mol. The van der Waals surface area contributed by atoms with Crippen LogP contribution in [0.2, 0.25) is 0 Å². The molecule has 22 heavy (non-hydrogen) atoms. The fraction of sp³-hybridized carbons (Fsp3) is 0.533. The van der Waals surface area contributed by atoms with Gasteiger partial charge in [0.1, 0.15) is 0 Å². The highest BCUT2D eigenvalue weighted by molar-refractivity contribution is 14.0. The van der Waals surface area contributed by atoms with Crippen LogP contribution < -0.4 is 16.2 Å². The van der Waals surface area contributed by atoms with Gasteiger partial charge >= 0.3 is 0 Å². The molecule has 1 saturated heterocycles. The van der Waals surface area contributed by atoms with E-state index in [1.807, 2.05) is 7.05 Å². The summed E-state index contributed by atoms with van der Waals surface area (Å²) in [6.45, 7) is 4.93. The van der Waals surface area contributed by atoms with E-state index in [-0.39, 0.29) is 24.0 Å². The molecule has 7 heteroatoms. The lowest BCUT2D eigenvalue weighted by Crippen LogP contribution is -2.42. The summed E-state index contributed by atoms with van der Waals surface area (Å²) in [7, 11) is 3.89. The van der Waals surface area contributed by atoms with Crippen LogP contribution in [0.3, 0.4) is 0 Å². The van der Waals surface area contributed by atoms with Gasteiger partial charge in [-0.05, 0) is 24.6 Å². The SMILES string of the molecule is CN=C(NCC1CNNC1C)N(C)Cc1ccc(Br)cc1.I. The van der Waals surface area contributed by atoms with Crippen molar-refractivity contribution in [2.75, 3.05) is 27.2 Å². The summed E-state index contributed by atoms with van der Waals surface area (Å²) < 4.78 is 1.10. The maximum atomic E-state index is 4.37. The molecule has 2 atom stereocenters. The van der Waals surface area contributed by atoms with E-state index in [2.05, 4.69) is 80.2 Å². The standard InChI is InChI=1S/C15H24BrN5.HI/c1-11-13(9-19-20-11)8-18-15(17-2)21(3)10-12-4-6-14(16)7-5-12;/h4-7,11,13,19-20H,8-10H2,1-3H3,(H,17,18);1H. The van der Waals surface area contributed by atoms with Crippen LogP contribution >= 0.6 is 39.9 Å². The van der Waals surface area contributed by atoms with Gasteiger partial charge in [-0.2, -0.15) is 0 Å². The third-order valence-electron chi connectivity index (χ3n) is 3.83. The van der Waals surface area contributed by atoms with Gasteiger partial charge in [-0.25, -0.2) is 0 Å². The zero-order chi connectivity index (χ0) is 15.2. The van der Waals surface area contributed by atoms with E-state index >= 15 is 0 Å². The molecule has 0 aliphatic carbocycles. The zero-order valence-electron chi connectivity index (χ0n) is 13.3. The molecule has 1 aromatic rings. The van der Waals surface area contributed by atoms with Crippen molar-refractivity contribution in [2.45, 2.75) is 19.5 Å². The Bertz CT molecular complexity index is 479. The summed E-state index contributed by atoms with van der Waals surface area (Å²) in [6, 6.07) is 8.86. The molecule has 1 heterocycles. The number of nitrogens with one attached hydrogen (secondary N) is 3. The predicted octanol–water partition coefficient (Wildman–Crippen LogP) is 2.19. The van der Waals surface area contributed by atoms with E-state index in [0.29, 0.717) is 12.0 Å². The molecule has 0 spiro atoms. The van der Waals surface area contributed by atoms with Crippen molar-refractivity contribution in [2.24, 2.45) is 10.9 Å². The minimum absolute atomic E-state index is 0. The van der Waals surface area contributed by atoms with E-state index < -0.39 is 0 Å². The average molecular weight is 482 g/mol. The predicted molar refractivity (Wildman–Crippen MR) is 106 cm³/mol. The molecule has 1 aliphatic rings. The molecule has 124 valence electrons. The van der Waals surface area contributed by atoms with E-state index in [1.54, 1.807) is 0 Å². The van der Waals surface area contributed by atoms with Gasteiger partial charge in [-0.15, -0.1) is 24.0 Å². The Morgan fingerprint density at radius 2 is 2.09 bits per heavy atom. The molecule has 1 aromatic carbocycles. The van der Waals surface area contributed by atoms with Gasteiger partial charge in [-0.3, -0.25) is 15.8 Å². The van der Waals surface area contributed by atoms with Crippen LogP contribution in [0.4, 0.5) is 0 Å². The van der Waals surface area contributed by atoms with Crippen LogP contribution in [0, 0.1) is 5.92 Å². The molecule has 2 unspecified atom stereocenters. The maximum absolute atomic E-state index is 4.37. The quantitative estimate of drug-likeness (QED) is 0.350. The second-order valence-electron chi connectivity index (χ2n) is 5.48. The number of rotatable bonds is 4. The fourth-order valence-corrected chi connectivity index (χ4v) is 2.70. The van der Waals surface area contributed by atoms with Crippen LogP contribution in [0.5, 0.6) is 0 Å². The van der Waals surface area contributed by atoms with Crippen LogP contribution in [0.15, 0.2) is 33.7 Å². The molecule has 0 amide bonds. The highest BCUT2D eigenvalue weighted by Crippen LogP contribution is 2.12. The van der Waals surface area contributed by atoms with Crippen molar-refractivity contribution in [3.8, 4) is 0 Å². The molecule has 1 aliphatic heterocycles. The summed E-state index contributed by atoms with van der Waals surface area (Å²) >= 11 is 3.46. The zero-order valence-corrected chi connectivity index (χ0v) is 17.2. The van der Waals surface area contributed by atoms with E-state index in [4.69, 9.17) is 0 Å². The van der Waals surface area contributed by atoms with Crippen molar-refractivity contribution in [3.05, 3.63) is 34.3 Å². The minimum Gasteiger partial charge on any atom is -0.356 e. The first kappa shape index (κ1) is 19.7. The van der Waals surface area contributed by atoms with Crippen LogP contribution in [-0.4, -0.2) is 44.1 Å². The van der Waals surface area contributed by atoms with E-state index in [0.717, 1.165) is 30.1 Å². The summed E-state index contributed by atoms with van der Waals surface area (Å²) in [5.41, 5.74) is 7.69. The smallest absolute Gasteiger partial charge is 0.193 e. The molecular formula is C15H25BrIN5. The number of halogens is 2. The molecule has 0 radical (unpaired) electrons. The Balaban J connectivity index is 0.00000242. The lowest BCUT2D eigenvalue weighted by Gasteiger charge is -2.24. The molecule has 0 saturated carbocycles. The summed E-state index contributed by atoms with van der Waals surface area (Å²) in [6.07, 6.45) is 0. The topological polar surface area (TPSA) is 51.7 Å². The highest BCUT2D eigenvalue weighted by atomic mass is 127. The van der Waals surface area contributed by atoms with Crippen LogP contribution in [0.1, 0.15) is 12.5 Å². The van der Waals surface area contributed by atoms with Gasteiger partial charge in [0.2, 0.25) is 0 Å². The molecule has 5 nitrogen and oxygen atoms in total. The van der Waals surface area contributed by atoms with Gasteiger partial charge in [-0.1, -0.05) is 28.1 Å². The van der Waals surface area contributed by atoms with Crippen molar-refractivity contribution < 1.29 is 0 Å². The lowest BCUT2D eigenvalue weighted by atomic mass is 10.0. The number of benzene rings is 1. The lowest BCUT2D eigenvalue weighted by molar-refractivity contribution is 0.443. The van der Waals surface area contributed by atoms with Crippen molar-refractivity contribution in [1.29, 1.82) is 0 Å². The number of nitrogens with zero attached hydrogens (tertiary/aromatic N) is 2. The normalized spacial score (nSPS) is 21.4. The largest absolute Gasteiger partial charge is 0.356 e. The molecular weight excluding hydrogens is 457 g/mol. The van der Waals surface area contributed by atoms with Crippen molar-refractivity contribution in [3.63, 3.8) is 0 Å². The highest BCUT2D eigenvalue weighted by Gasteiger charge is 2.22. The first-order valence-electron chi connectivity index (χ1n) is 7.24. The summed E-state index contributed by atoms with van der Waals surface area (Å²) in [5.74, 6) is 1.50. The molecule has 1 fully saturated rings. The van der Waals surface area contributed by atoms with Gasteiger partial charge in [0.25, 0.3) is 0 Å². The number of hydrogen-bond acceptors (Lipinski definition) is 3. The number of hydrogen-bond donors (Lipinski definition) is 3. The summed E-state index contributed by atoms with van der Waals surface area (Å²) in [5, 5.41) is 3.46.